The van der Waals surface area contributed by atoms with Gasteiger partial charge in [-0.25, -0.2) is 18.9 Å². The summed E-state index contributed by atoms with van der Waals surface area (Å²) in [6, 6.07) is 9.33. The van der Waals surface area contributed by atoms with Crippen molar-refractivity contribution in [1.29, 1.82) is 0 Å². The van der Waals surface area contributed by atoms with Gasteiger partial charge in [-0.1, -0.05) is 29.5 Å². The fourth-order valence-electron chi connectivity index (χ4n) is 3.61. The molecule has 0 unspecified atom stereocenters. The lowest BCUT2D eigenvalue weighted by Gasteiger charge is -2.14. The molecule has 2 aromatic heterocycles. The fraction of sp³-hybridized carbons (Fsp3) is 0.250. The zero-order valence-corrected chi connectivity index (χ0v) is 20.8. The monoisotopic (exact) mass is 495 g/mol. The van der Waals surface area contributed by atoms with Crippen LogP contribution in [0.25, 0.3) is 5.65 Å². The number of rotatable bonds is 8. The highest BCUT2D eigenvalue weighted by molar-refractivity contribution is 7.99. The number of carbonyl (C=O) groups is 1. The van der Waals surface area contributed by atoms with Crippen LogP contribution in [0, 0.1) is 13.8 Å². The van der Waals surface area contributed by atoms with Gasteiger partial charge in [0.2, 0.25) is 11.7 Å². The second-order valence-corrected chi connectivity index (χ2v) is 8.73. The Bertz CT molecular complexity index is 1440. The first-order valence-corrected chi connectivity index (χ1v) is 11.5. The van der Waals surface area contributed by atoms with Crippen molar-refractivity contribution in [3.8, 4) is 17.2 Å². The van der Waals surface area contributed by atoms with Gasteiger partial charge in [-0.3, -0.25) is 4.79 Å². The number of hydrogen-bond donors (Lipinski definition) is 1. The lowest BCUT2D eigenvalue weighted by molar-refractivity contribution is -0.117. The average Bonchev–Trinajstić information content (AvgIpc) is 3.16. The highest BCUT2D eigenvalue weighted by Gasteiger charge is 2.18. The van der Waals surface area contributed by atoms with Gasteiger partial charge in [0.05, 0.1) is 21.3 Å². The molecule has 182 valence electrons. The second kappa shape index (κ2) is 10.1. The third kappa shape index (κ3) is 4.94. The van der Waals surface area contributed by atoms with E-state index in [1.165, 1.54) is 43.7 Å². The number of fused-ring (bicyclic) bond motifs is 1. The summed E-state index contributed by atoms with van der Waals surface area (Å²) in [6.45, 7) is 3.77. The number of hydrogen-bond acceptors (Lipinski definition) is 8. The van der Waals surface area contributed by atoms with E-state index in [9.17, 15) is 9.59 Å². The number of ether oxygens (including phenoxy) is 3. The number of methoxy groups -OCH3 is 3. The molecule has 0 spiro atoms. The molecule has 4 aromatic rings. The van der Waals surface area contributed by atoms with Crippen LogP contribution in [0.1, 0.15) is 11.1 Å². The molecule has 2 heterocycles. The average molecular weight is 496 g/mol. The summed E-state index contributed by atoms with van der Waals surface area (Å²) in [5, 5.41) is 7.70. The Hall–Kier alpha value is -3.99. The van der Waals surface area contributed by atoms with Gasteiger partial charge in [-0.2, -0.15) is 0 Å². The van der Waals surface area contributed by atoms with E-state index < -0.39 is 11.6 Å². The minimum Gasteiger partial charge on any atom is -0.493 e. The van der Waals surface area contributed by atoms with E-state index >= 15 is 0 Å². The largest absolute Gasteiger partial charge is 0.493 e. The first-order chi connectivity index (χ1) is 16.8. The first-order valence-electron chi connectivity index (χ1n) is 10.6. The van der Waals surface area contributed by atoms with Gasteiger partial charge < -0.3 is 19.5 Å². The quantitative estimate of drug-likeness (QED) is 0.397. The Balaban J connectivity index is 1.59. The van der Waals surface area contributed by atoms with Gasteiger partial charge in [0.1, 0.15) is 11.6 Å². The SMILES string of the molecule is COc1cc(NC(=O)Cn2nc3c(Sc4ccc(C)cc4C)nccn3c2=O)cc(OC)c1OC. The molecule has 1 amide bonds. The van der Waals surface area contributed by atoms with Crippen molar-refractivity contribution >= 4 is 29.0 Å². The molecule has 0 saturated heterocycles. The zero-order chi connectivity index (χ0) is 25.1. The van der Waals surface area contributed by atoms with Gasteiger partial charge >= 0.3 is 5.69 Å². The topological polar surface area (TPSA) is 109 Å². The molecule has 0 radical (unpaired) electrons. The molecule has 35 heavy (non-hydrogen) atoms. The van der Waals surface area contributed by atoms with Crippen molar-refractivity contribution in [2.75, 3.05) is 26.6 Å². The molecule has 0 bridgehead atoms. The van der Waals surface area contributed by atoms with Crippen molar-refractivity contribution in [2.24, 2.45) is 0 Å². The molecule has 2 aromatic carbocycles. The Kier molecular flexibility index (Phi) is 6.97. The fourth-order valence-corrected chi connectivity index (χ4v) is 4.52. The Morgan fingerprint density at radius 3 is 2.40 bits per heavy atom. The van der Waals surface area contributed by atoms with E-state index in [0.717, 1.165) is 20.7 Å². The number of benzene rings is 2. The molecule has 0 saturated carbocycles. The molecular formula is C24H25N5O5S. The third-order valence-electron chi connectivity index (χ3n) is 5.25. The number of nitrogens with zero attached hydrogens (tertiary/aromatic N) is 4. The van der Waals surface area contributed by atoms with Crippen LogP contribution in [0.4, 0.5) is 5.69 Å². The van der Waals surface area contributed by atoms with Crippen molar-refractivity contribution in [3.05, 3.63) is 64.3 Å². The Morgan fingerprint density at radius 2 is 1.77 bits per heavy atom. The van der Waals surface area contributed by atoms with E-state index in [0.29, 0.717) is 33.6 Å². The molecule has 4 rings (SSSR count). The lowest BCUT2D eigenvalue weighted by Crippen LogP contribution is -2.28. The summed E-state index contributed by atoms with van der Waals surface area (Å²) < 4.78 is 18.4. The van der Waals surface area contributed by atoms with Crippen LogP contribution < -0.4 is 25.2 Å². The number of carbonyl (C=O) groups excluding carboxylic acids is 1. The molecule has 0 aliphatic rings. The molecular weight excluding hydrogens is 470 g/mol. The Labute approximate surface area is 205 Å². The molecule has 0 atom stereocenters. The van der Waals surface area contributed by atoms with Gasteiger partial charge in [-0.05, 0) is 25.5 Å². The molecule has 0 fully saturated rings. The van der Waals surface area contributed by atoms with Gasteiger partial charge in [0, 0.05) is 35.1 Å². The third-order valence-corrected chi connectivity index (χ3v) is 6.41. The van der Waals surface area contributed by atoms with Gasteiger partial charge in [0.15, 0.2) is 17.1 Å². The summed E-state index contributed by atoms with van der Waals surface area (Å²) in [5.41, 5.74) is 2.63. The molecule has 0 aliphatic carbocycles. The normalized spacial score (nSPS) is 10.9. The number of amides is 1. The van der Waals surface area contributed by atoms with Crippen molar-refractivity contribution in [1.82, 2.24) is 19.2 Å². The molecule has 1 N–H and O–H groups in total. The van der Waals surface area contributed by atoms with E-state index in [2.05, 4.69) is 21.5 Å². The first kappa shape index (κ1) is 24.1. The van der Waals surface area contributed by atoms with E-state index in [1.807, 2.05) is 26.0 Å². The standard InChI is InChI=1S/C24H25N5O5S/c1-14-6-7-19(15(2)10-14)35-23-22-27-29(24(31)28(22)9-8-25-23)13-20(30)26-16-11-17(32-3)21(34-5)18(12-16)33-4/h6-12H,13H2,1-5H3,(H,26,30). The maximum absolute atomic E-state index is 12.9. The van der Waals surface area contributed by atoms with Gasteiger partial charge in [-0.15, -0.1) is 5.10 Å². The lowest BCUT2D eigenvalue weighted by atomic mass is 10.2. The minimum absolute atomic E-state index is 0.287. The second-order valence-electron chi connectivity index (χ2n) is 7.70. The highest BCUT2D eigenvalue weighted by atomic mass is 32.2. The predicted octanol–water partition coefficient (Wildman–Crippen LogP) is 3.32. The predicted molar refractivity (Wildman–Crippen MR) is 132 cm³/mol. The molecule has 10 nitrogen and oxygen atoms in total. The van der Waals surface area contributed by atoms with Crippen molar-refractivity contribution in [2.45, 2.75) is 30.3 Å². The number of aromatic nitrogens is 4. The van der Waals surface area contributed by atoms with Gasteiger partial charge in [0.25, 0.3) is 0 Å². The summed E-state index contributed by atoms with van der Waals surface area (Å²) in [6.07, 6.45) is 3.08. The Morgan fingerprint density at radius 1 is 1.06 bits per heavy atom. The van der Waals surface area contributed by atoms with E-state index in [1.54, 1.807) is 18.3 Å². The summed E-state index contributed by atoms with van der Waals surface area (Å²) >= 11 is 1.42. The van der Waals surface area contributed by atoms with Crippen molar-refractivity contribution in [3.63, 3.8) is 0 Å². The van der Waals surface area contributed by atoms with Crippen molar-refractivity contribution < 1.29 is 19.0 Å². The van der Waals surface area contributed by atoms with E-state index in [-0.39, 0.29) is 6.54 Å². The van der Waals surface area contributed by atoms with Crippen LogP contribution in [0.2, 0.25) is 0 Å². The smallest absolute Gasteiger partial charge is 0.350 e. The maximum atomic E-state index is 12.9. The number of anilines is 1. The zero-order valence-electron chi connectivity index (χ0n) is 20.0. The minimum atomic E-state index is -0.443. The van der Waals surface area contributed by atoms with E-state index in [4.69, 9.17) is 14.2 Å². The number of nitrogens with one attached hydrogen (secondary N) is 1. The molecule has 11 heteroatoms. The summed E-state index contributed by atoms with van der Waals surface area (Å²) in [5.74, 6) is 0.754. The van der Waals surface area contributed by atoms with Crippen LogP contribution in [0.5, 0.6) is 17.2 Å². The number of aryl methyl sites for hydroxylation is 2. The molecule has 0 aliphatic heterocycles. The van der Waals surface area contributed by atoms with Crippen LogP contribution in [0.15, 0.2) is 57.4 Å². The van der Waals surface area contributed by atoms with Crippen LogP contribution >= 0.6 is 11.8 Å². The summed E-state index contributed by atoms with van der Waals surface area (Å²) in [4.78, 5) is 31.1. The van der Waals surface area contributed by atoms with Crippen LogP contribution in [0.3, 0.4) is 0 Å². The summed E-state index contributed by atoms with van der Waals surface area (Å²) in [7, 11) is 4.47. The maximum Gasteiger partial charge on any atom is 0.350 e. The van der Waals surface area contributed by atoms with Crippen LogP contribution in [-0.2, 0) is 11.3 Å². The van der Waals surface area contributed by atoms with Crippen LogP contribution in [-0.4, -0.2) is 46.4 Å². The highest BCUT2D eigenvalue weighted by Crippen LogP contribution is 2.40.